The molecule has 0 aromatic heterocycles. The Kier molecular flexibility index (Phi) is 3.06. The lowest BCUT2D eigenvalue weighted by Gasteiger charge is -2.21. The summed E-state index contributed by atoms with van der Waals surface area (Å²) in [6.07, 6.45) is 5.53. The lowest BCUT2D eigenvalue weighted by atomic mass is 10.0. The molecule has 1 aromatic carbocycles. The van der Waals surface area contributed by atoms with E-state index in [9.17, 15) is 0 Å². The molecule has 1 unspecified atom stereocenters. The Labute approximate surface area is 110 Å². The normalized spacial score (nSPS) is 22.6. The van der Waals surface area contributed by atoms with Gasteiger partial charge in [-0.2, -0.15) is 0 Å². The maximum Gasteiger partial charge on any atom is 0.118 e. The maximum absolute atomic E-state index is 5.23. The molecule has 2 fully saturated rings. The fourth-order valence-electron chi connectivity index (χ4n) is 2.54. The molecule has 0 spiro atoms. The molecular weight excluding hydrogens is 222 g/mol. The molecule has 2 nitrogen and oxygen atoms in total. The van der Waals surface area contributed by atoms with Gasteiger partial charge in [0.05, 0.1) is 7.11 Å². The number of nitrogens with one attached hydrogen (secondary N) is 1. The van der Waals surface area contributed by atoms with Crippen molar-refractivity contribution in [3.63, 3.8) is 0 Å². The van der Waals surface area contributed by atoms with Crippen LogP contribution in [0.5, 0.6) is 5.75 Å². The summed E-state index contributed by atoms with van der Waals surface area (Å²) in [4.78, 5) is 0. The quantitative estimate of drug-likeness (QED) is 0.827. The van der Waals surface area contributed by atoms with Crippen LogP contribution in [0.25, 0.3) is 0 Å². The monoisotopic (exact) mass is 245 g/mol. The summed E-state index contributed by atoms with van der Waals surface area (Å²) in [6.45, 7) is 3.55. The first-order chi connectivity index (χ1) is 8.70. The maximum atomic E-state index is 5.23. The molecule has 0 heterocycles. The third kappa shape index (κ3) is 2.69. The van der Waals surface area contributed by atoms with Crippen LogP contribution < -0.4 is 10.1 Å². The van der Waals surface area contributed by atoms with Crippen molar-refractivity contribution in [1.29, 1.82) is 0 Å². The van der Waals surface area contributed by atoms with Gasteiger partial charge in [-0.05, 0) is 54.7 Å². The molecular formula is C16H23NO. The Morgan fingerprint density at radius 2 is 1.94 bits per heavy atom. The van der Waals surface area contributed by atoms with Crippen molar-refractivity contribution in [2.75, 3.05) is 13.7 Å². The van der Waals surface area contributed by atoms with Gasteiger partial charge in [0.15, 0.2) is 0 Å². The largest absolute Gasteiger partial charge is 0.497 e. The van der Waals surface area contributed by atoms with E-state index in [0.717, 1.165) is 11.7 Å². The summed E-state index contributed by atoms with van der Waals surface area (Å²) in [5.74, 6) is 1.79. The first kappa shape index (κ1) is 12.0. The smallest absolute Gasteiger partial charge is 0.118 e. The van der Waals surface area contributed by atoms with Gasteiger partial charge >= 0.3 is 0 Å². The van der Waals surface area contributed by atoms with Crippen LogP contribution in [0.3, 0.4) is 0 Å². The highest BCUT2D eigenvalue weighted by molar-refractivity contribution is 5.30. The van der Waals surface area contributed by atoms with Crippen molar-refractivity contribution < 1.29 is 4.74 Å². The van der Waals surface area contributed by atoms with Gasteiger partial charge in [0.25, 0.3) is 0 Å². The van der Waals surface area contributed by atoms with E-state index in [0.29, 0.717) is 11.5 Å². The minimum absolute atomic E-state index is 0.549. The van der Waals surface area contributed by atoms with Crippen molar-refractivity contribution in [2.24, 2.45) is 11.3 Å². The average molecular weight is 245 g/mol. The van der Waals surface area contributed by atoms with E-state index in [1.54, 1.807) is 7.11 Å². The number of rotatable bonds is 6. The van der Waals surface area contributed by atoms with Crippen LogP contribution in [-0.4, -0.2) is 13.7 Å². The summed E-state index contributed by atoms with van der Waals surface area (Å²) >= 11 is 0. The van der Waals surface area contributed by atoms with Crippen molar-refractivity contribution in [2.45, 2.75) is 38.6 Å². The molecule has 0 bridgehead atoms. The van der Waals surface area contributed by atoms with Crippen LogP contribution >= 0.6 is 0 Å². The minimum Gasteiger partial charge on any atom is -0.497 e. The molecule has 0 saturated heterocycles. The predicted molar refractivity (Wildman–Crippen MR) is 73.8 cm³/mol. The summed E-state index contributed by atoms with van der Waals surface area (Å²) < 4.78 is 5.23. The highest BCUT2D eigenvalue weighted by atomic mass is 16.5. The van der Waals surface area contributed by atoms with E-state index in [-0.39, 0.29) is 0 Å². The molecule has 98 valence electrons. The van der Waals surface area contributed by atoms with Gasteiger partial charge in [-0.3, -0.25) is 0 Å². The molecule has 0 radical (unpaired) electrons. The zero-order valence-corrected chi connectivity index (χ0v) is 11.4. The first-order valence-electron chi connectivity index (χ1n) is 7.08. The van der Waals surface area contributed by atoms with Gasteiger partial charge < -0.3 is 10.1 Å². The zero-order valence-electron chi connectivity index (χ0n) is 11.4. The van der Waals surface area contributed by atoms with E-state index < -0.39 is 0 Å². The minimum atomic E-state index is 0.549. The third-order valence-electron chi connectivity index (χ3n) is 4.42. The second kappa shape index (κ2) is 4.58. The molecule has 0 amide bonds. The van der Waals surface area contributed by atoms with E-state index in [2.05, 4.69) is 36.5 Å². The zero-order chi connectivity index (χ0) is 12.6. The number of methoxy groups -OCH3 is 1. The Morgan fingerprint density at radius 3 is 2.44 bits per heavy atom. The second-order valence-electron chi connectivity index (χ2n) is 6.28. The molecule has 18 heavy (non-hydrogen) atoms. The number of ether oxygens (including phenoxy) is 1. The lowest BCUT2D eigenvalue weighted by molar-refractivity contribution is 0.407. The summed E-state index contributed by atoms with van der Waals surface area (Å²) in [7, 11) is 1.72. The number of benzene rings is 1. The second-order valence-corrected chi connectivity index (χ2v) is 6.28. The fourth-order valence-corrected chi connectivity index (χ4v) is 2.54. The Balaban J connectivity index is 1.67. The molecule has 2 saturated carbocycles. The van der Waals surface area contributed by atoms with Crippen molar-refractivity contribution in [1.82, 2.24) is 5.32 Å². The van der Waals surface area contributed by atoms with Gasteiger partial charge in [-0.25, -0.2) is 0 Å². The third-order valence-corrected chi connectivity index (χ3v) is 4.42. The van der Waals surface area contributed by atoms with E-state index in [4.69, 9.17) is 4.74 Å². The summed E-state index contributed by atoms with van der Waals surface area (Å²) in [5.41, 5.74) is 2.00. The fraction of sp³-hybridized carbons (Fsp3) is 0.625. The highest BCUT2D eigenvalue weighted by Gasteiger charge is 2.39. The highest BCUT2D eigenvalue weighted by Crippen LogP contribution is 2.46. The van der Waals surface area contributed by atoms with E-state index >= 15 is 0 Å². The van der Waals surface area contributed by atoms with Crippen molar-refractivity contribution >= 4 is 0 Å². The Bertz CT molecular complexity index is 404. The molecule has 2 aliphatic carbocycles. The molecule has 0 aliphatic heterocycles. The first-order valence-corrected chi connectivity index (χ1v) is 7.08. The molecule has 2 aliphatic rings. The molecule has 1 atom stereocenters. The summed E-state index contributed by atoms with van der Waals surface area (Å²) in [5, 5.41) is 3.80. The van der Waals surface area contributed by atoms with Crippen LogP contribution in [0, 0.1) is 11.3 Å². The van der Waals surface area contributed by atoms with Crippen molar-refractivity contribution in [3.05, 3.63) is 29.8 Å². The van der Waals surface area contributed by atoms with E-state index in [1.807, 2.05) is 0 Å². The van der Waals surface area contributed by atoms with Gasteiger partial charge in [0.2, 0.25) is 0 Å². The predicted octanol–water partition coefficient (Wildman–Crippen LogP) is 3.54. The SMILES string of the molecule is COc1ccc(C(NCC2(C)CC2)C2CC2)cc1. The van der Waals surface area contributed by atoms with Crippen molar-refractivity contribution in [3.8, 4) is 5.75 Å². The van der Waals surface area contributed by atoms with Gasteiger partial charge in [0, 0.05) is 12.6 Å². The Hall–Kier alpha value is -1.02. The van der Waals surface area contributed by atoms with Gasteiger partial charge in [0.1, 0.15) is 5.75 Å². The molecule has 3 rings (SSSR count). The standard InChI is InChI=1S/C16H23NO/c1-16(9-10-16)11-17-15(12-3-4-12)13-5-7-14(18-2)8-6-13/h5-8,12,15,17H,3-4,9-11H2,1-2H3. The van der Waals surface area contributed by atoms with Crippen LogP contribution in [-0.2, 0) is 0 Å². The van der Waals surface area contributed by atoms with Gasteiger partial charge in [-0.15, -0.1) is 0 Å². The molecule has 1 aromatic rings. The number of hydrogen-bond acceptors (Lipinski definition) is 2. The lowest BCUT2D eigenvalue weighted by Crippen LogP contribution is -2.28. The molecule has 1 N–H and O–H groups in total. The molecule has 2 heteroatoms. The average Bonchev–Trinajstić information content (AvgIpc) is 3.29. The Morgan fingerprint density at radius 1 is 1.28 bits per heavy atom. The van der Waals surface area contributed by atoms with Gasteiger partial charge in [-0.1, -0.05) is 19.1 Å². The van der Waals surface area contributed by atoms with E-state index in [1.165, 1.54) is 37.8 Å². The van der Waals surface area contributed by atoms with Crippen LogP contribution in [0.4, 0.5) is 0 Å². The van der Waals surface area contributed by atoms with Crippen LogP contribution in [0.15, 0.2) is 24.3 Å². The van der Waals surface area contributed by atoms with Crippen LogP contribution in [0.1, 0.15) is 44.2 Å². The topological polar surface area (TPSA) is 21.3 Å². The summed E-state index contributed by atoms with van der Waals surface area (Å²) in [6, 6.07) is 9.12. The number of hydrogen-bond donors (Lipinski definition) is 1. The van der Waals surface area contributed by atoms with Crippen LogP contribution in [0.2, 0.25) is 0 Å².